The number of benzene rings is 1. The number of nitrogens with zero attached hydrogens (tertiary/aromatic N) is 1. The number of nitrogens with one attached hydrogen (secondary N) is 1. The second-order valence-corrected chi connectivity index (χ2v) is 9.06. The monoisotopic (exact) mass is 330 g/mol. The highest BCUT2D eigenvalue weighted by Gasteiger charge is 2.41. The van der Waals surface area contributed by atoms with Gasteiger partial charge >= 0.3 is 6.03 Å². The van der Waals surface area contributed by atoms with Gasteiger partial charge in [0.15, 0.2) is 9.84 Å². The molecule has 1 saturated heterocycles. The summed E-state index contributed by atoms with van der Waals surface area (Å²) in [6.07, 6.45) is 0. The molecule has 1 aliphatic rings. The lowest BCUT2D eigenvalue weighted by Crippen LogP contribution is -2.55. The fraction of sp³-hybridized carbons (Fsp3) is 0.500. The first-order chi connectivity index (χ1) is 9.62. The molecule has 0 radical (unpaired) electrons. The number of carbonyl (C=O) groups is 1. The minimum atomic E-state index is -3.16. The molecule has 0 unspecified atom stereocenters. The van der Waals surface area contributed by atoms with Gasteiger partial charge in [0.05, 0.1) is 21.2 Å². The van der Waals surface area contributed by atoms with E-state index in [0.29, 0.717) is 10.7 Å². The van der Waals surface area contributed by atoms with Crippen LogP contribution in [0.3, 0.4) is 0 Å². The van der Waals surface area contributed by atoms with Crippen molar-refractivity contribution in [2.24, 2.45) is 0 Å². The van der Waals surface area contributed by atoms with Crippen LogP contribution in [0.25, 0.3) is 0 Å². The van der Waals surface area contributed by atoms with Crippen molar-refractivity contribution >= 4 is 33.2 Å². The molecule has 2 rings (SSSR count). The predicted octanol–water partition coefficient (Wildman–Crippen LogP) is 2.69. The molecule has 0 bridgehead atoms. The largest absolute Gasteiger partial charge is 0.322 e. The predicted molar refractivity (Wildman–Crippen MR) is 84.6 cm³/mol. The van der Waals surface area contributed by atoms with Gasteiger partial charge in [-0.05, 0) is 38.5 Å². The van der Waals surface area contributed by atoms with Gasteiger partial charge in [-0.1, -0.05) is 17.7 Å². The summed E-state index contributed by atoms with van der Waals surface area (Å²) >= 11 is 6.05. The number of amides is 2. The molecule has 0 saturated carbocycles. The van der Waals surface area contributed by atoms with Gasteiger partial charge in [0, 0.05) is 13.1 Å². The van der Waals surface area contributed by atoms with E-state index in [4.69, 9.17) is 11.6 Å². The van der Waals surface area contributed by atoms with E-state index in [9.17, 15) is 13.2 Å². The Hall–Kier alpha value is -1.27. The number of carbonyl (C=O) groups excluding carboxylic acids is 1. The van der Waals surface area contributed by atoms with Gasteiger partial charge in [0.2, 0.25) is 0 Å². The van der Waals surface area contributed by atoms with Crippen molar-refractivity contribution in [1.29, 1.82) is 0 Å². The smallest absolute Gasteiger partial charge is 0.321 e. The van der Waals surface area contributed by atoms with Crippen molar-refractivity contribution in [3.8, 4) is 0 Å². The third-order valence-electron chi connectivity index (χ3n) is 3.69. The van der Waals surface area contributed by atoms with Crippen LogP contribution in [0.4, 0.5) is 10.5 Å². The molecule has 0 spiro atoms. The fourth-order valence-electron chi connectivity index (χ4n) is 2.25. The van der Waals surface area contributed by atoms with E-state index in [-0.39, 0.29) is 24.9 Å². The maximum atomic E-state index is 12.3. The zero-order valence-electron chi connectivity index (χ0n) is 12.3. The third-order valence-corrected chi connectivity index (χ3v) is 6.56. The number of rotatable bonds is 1. The maximum absolute atomic E-state index is 12.3. The molecule has 1 aliphatic heterocycles. The average molecular weight is 331 g/mol. The van der Waals surface area contributed by atoms with Crippen LogP contribution >= 0.6 is 11.6 Å². The van der Waals surface area contributed by atoms with Crippen LogP contribution in [0.5, 0.6) is 0 Å². The van der Waals surface area contributed by atoms with Crippen LogP contribution in [0, 0.1) is 6.92 Å². The van der Waals surface area contributed by atoms with E-state index in [1.54, 1.807) is 26.0 Å². The Morgan fingerprint density at radius 2 is 2.05 bits per heavy atom. The summed E-state index contributed by atoms with van der Waals surface area (Å²) in [5.41, 5.74) is 1.52. The summed E-state index contributed by atoms with van der Waals surface area (Å²) in [6, 6.07) is 5.03. The molecular weight excluding hydrogens is 312 g/mol. The van der Waals surface area contributed by atoms with Gasteiger partial charge in [0.1, 0.15) is 0 Å². The molecule has 1 aromatic rings. The number of anilines is 1. The first-order valence-corrected chi connectivity index (χ1v) is 8.70. The van der Waals surface area contributed by atoms with Crippen LogP contribution in [0.15, 0.2) is 18.2 Å². The highest BCUT2D eigenvalue weighted by molar-refractivity contribution is 7.92. The average Bonchev–Trinajstić information content (AvgIpc) is 2.37. The molecule has 0 aliphatic carbocycles. The summed E-state index contributed by atoms with van der Waals surface area (Å²) in [6.45, 7) is 5.55. The lowest BCUT2D eigenvalue weighted by atomic mass is 10.2. The number of sulfone groups is 1. The van der Waals surface area contributed by atoms with Crippen LogP contribution in [-0.2, 0) is 9.84 Å². The van der Waals surface area contributed by atoms with E-state index in [0.717, 1.165) is 5.56 Å². The zero-order chi connectivity index (χ0) is 15.8. The summed E-state index contributed by atoms with van der Waals surface area (Å²) in [5.74, 6) is -0.0189. The van der Waals surface area contributed by atoms with Gasteiger partial charge in [-0.3, -0.25) is 0 Å². The Bertz CT molecular complexity index is 671. The van der Waals surface area contributed by atoms with E-state index >= 15 is 0 Å². The van der Waals surface area contributed by atoms with E-state index in [1.807, 2.05) is 13.0 Å². The lowest BCUT2D eigenvalue weighted by Gasteiger charge is -2.37. The molecule has 1 aromatic carbocycles. The lowest BCUT2D eigenvalue weighted by molar-refractivity contribution is 0.206. The van der Waals surface area contributed by atoms with Crippen molar-refractivity contribution in [3.63, 3.8) is 0 Å². The molecule has 116 valence electrons. The molecule has 2 amide bonds. The third kappa shape index (κ3) is 3.32. The summed E-state index contributed by atoms with van der Waals surface area (Å²) in [7, 11) is -3.16. The van der Waals surface area contributed by atoms with Crippen molar-refractivity contribution in [3.05, 3.63) is 28.8 Å². The Kier molecular flexibility index (Phi) is 4.22. The quantitative estimate of drug-likeness (QED) is 0.861. The van der Waals surface area contributed by atoms with Crippen LogP contribution in [-0.4, -0.2) is 42.9 Å². The van der Waals surface area contributed by atoms with Gasteiger partial charge in [-0.25, -0.2) is 13.2 Å². The van der Waals surface area contributed by atoms with E-state index < -0.39 is 14.6 Å². The van der Waals surface area contributed by atoms with E-state index in [1.165, 1.54) is 4.90 Å². The van der Waals surface area contributed by atoms with E-state index in [2.05, 4.69) is 5.32 Å². The zero-order valence-corrected chi connectivity index (χ0v) is 13.9. The van der Waals surface area contributed by atoms with Gasteiger partial charge in [-0.2, -0.15) is 0 Å². The topological polar surface area (TPSA) is 66.5 Å². The number of halogens is 1. The second kappa shape index (κ2) is 5.50. The van der Waals surface area contributed by atoms with Crippen molar-refractivity contribution in [2.45, 2.75) is 25.5 Å². The number of hydrogen-bond acceptors (Lipinski definition) is 3. The molecular formula is C14H19ClN2O3S. The standard InChI is InChI=1S/C14H19ClN2O3S/c1-10-4-5-11(15)12(8-10)16-13(18)17-6-7-21(19,20)14(2,3)9-17/h4-5,8H,6-7,9H2,1-3H3,(H,16,18). The maximum Gasteiger partial charge on any atom is 0.321 e. The summed E-state index contributed by atoms with van der Waals surface area (Å²) < 4.78 is 23.0. The van der Waals surface area contributed by atoms with Crippen molar-refractivity contribution in [2.75, 3.05) is 24.2 Å². The van der Waals surface area contributed by atoms with Crippen LogP contribution in [0.1, 0.15) is 19.4 Å². The Morgan fingerprint density at radius 1 is 1.38 bits per heavy atom. The molecule has 1 heterocycles. The minimum absolute atomic E-state index is 0.0189. The SMILES string of the molecule is Cc1ccc(Cl)c(NC(=O)N2CCS(=O)(=O)C(C)(C)C2)c1. The first-order valence-electron chi connectivity index (χ1n) is 6.67. The molecule has 0 atom stereocenters. The summed E-state index contributed by atoms with van der Waals surface area (Å²) in [5, 5.41) is 3.20. The second-order valence-electron chi connectivity index (χ2n) is 5.91. The highest BCUT2D eigenvalue weighted by Crippen LogP contribution is 2.26. The molecule has 7 heteroatoms. The fourth-order valence-corrected chi connectivity index (χ4v) is 3.78. The normalized spacial score (nSPS) is 20.1. The van der Waals surface area contributed by atoms with Crippen LogP contribution in [0.2, 0.25) is 5.02 Å². The van der Waals surface area contributed by atoms with Gasteiger partial charge < -0.3 is 10.2 Å². The van der Waals surface area contributed by atoms with Crippen molar-refractivity contribution in [1.82, 2.24) is 4.90 Å². The Morgan fingerprint density at radius 3 is 2.67 bits per heavy atom. The minimum Gasteiger partial charge on any atom is -0.322 e. The molecule has 1 fully saturated rings. The number of aryl methyl sites for hydroxylation is 1. The Balaban J connectivity index is 2.13. The van der Waals surface area contributed by atoms with Gasteiger partial charge in [0.25, 0.3) is 0 Å². The molecule has 0 aromatic heterocycles. The number of hydrogen-bond donors (Lipinski definition) is 1. The van der Waals surface area contributed by atoms with Crippen LogP contribution < -0.4 is 5.32 Å². The molecule has 1 N–H and O–H groups in total. The summed E-state index contributed by atoms with van der Waals surface area (Å²) in [4.78, 5) is 13.8. The number of urea groups is 1. The molecule has 21 heavy (non-hydrogen) atoms. The highest BCUT2D eigenvalue weighted by atomic mass is 35.5. The van der Waals surface area contributed by atoms with Gasteiger partial charge in [-0.15, -0.1) is 0 Å². The molecule has 5 nitrogen and oxygen atoms in total. The Labute approximate surface area is 130 Å². The van der Waals surface area contributed by atoms with Crippen molar-refractivity contribution < 1.29 is 13.2 Å². The first kappa shape index (κ1) is 16.1.